The van der Waals surface area contributed by atoms with Gasteiger partial charge in [-0.3, -0.25) is 29.1 Å². The van der Waals surface area contributed by atoms with Crippen molar-refractivity contribution in [2.75, 3.05) is 13.7 Å². The Morgan fingerprint density at radius 1 is 1.26 bits per heavy atom. The van der Waals surface area contributed by atoms with Crippen molar-refractivity contribution in [2.24, 2.45) is 29.6 Å². The predicted octanol–water partition coefficient (Wildman–Crippen LogP) is 1.48. The Hall–Kier alpha value is -2.46. The number of imide groups is 1. The van der Waals surface area contributed by atoms with E-state index in [2.05, 4.69) is 14.7 Å². The fourth-order valence-electron chi connectivity index (χ4n) is 6.36. The molecule has 1 N–H and O–H groups in total. The molecule has 4 heterocycles. The van der Waals surface area contributed by atoms with Gasteiger partial charge in [0.1, 0.15) is 6.54 Å². The van der Waals surface area contributed by atoms with E-state index in [0.29, 0.717) is 0 Å². The number of fused-ring (bicyclic) bond motifs is 9. The molecule has 1 saturated heterocycles. The third-order valence-corrected chi connectivity index (χ3v) is 9.96. The van der Waals surface area contributed by atoms with Crippen LogP contribution in [0.25, 0.3) is 0 Å². The van der Waals surface area contributed by atoms with E-state index < -0.39 is 17.8 Å². The molecule has 7 atom stereocenters. The Balaban J connectivity index is 1.43. The molecule has 2 saturated carbocycles. The zero-order chi connectivity index (χ0) is 21.4. The van der Waals surface area contributed by atoms with Crippen LogP contribution in [0.1, 0.15) is 22.8 Å². The molecule has 2 amide bonds. The zero-order valence-electron chi connectivity index (χ0n) is 16.5. The first kappa shape index (κ1) is 19.2. The third-order valence-electron chi connectivity index (χ3n) is 7.37. The second-order valence-electron chi connectivity index (χ2n) is 8.59. The molecule has 2 aromatic rings. The molecule has 8 nitrogen and oxygen atoms in total. The number of methoxy groups -OCH3 is 1. The fraction of sp³-hybridized carbons (Fsp3) is 0.476. The van der Waals surface area contributed by atoms with Gasteiger partial charge in [-0.1, -0.05) is 17.4 Å². The number of H-pyrrole nitrogens is 1. The predicted molar refractivity (Wildman–Crippen MR) is 111 cm³/mol. The van der Waals surface area contributed by atoms with Gasteiger partial charge in [0.2, 0.25) is 11.8 Å². The van der Waals surface area contributed by atoms with Gasteiger partial charge in [-0.25, -0.2) is 0 Å². The topological polar surface area (TPSA) is 109 Å². The summed E-state index contributed by atoms with van der Waals surface area (Å²) < 4.78 is 4.68. The number of thioether (sulfide) groups is 1. The van der Waals surface area contributed by atoms with Gasteiger partial charge in [0.15, 0.2) is 0 Å². The van der Waals surface area contributed by atoms with Crippen molar-refractivity contribution in [3.05, 3.63) is 44.6 Å². The minimum Gasteiger partial charge on any atom is -0.468 e. The lowest BCUT2D eigenvalue weighted by atomic mass is 9.68. The summed E-state index contributed by atoms with van der Waals surface area (Å²) in [5, 5.41) is 1.00. The van der Waals surface area contributed by atoms with Crippen molar-refractivity contribution in [1.82, 2.24) is 14.9 Å². The quantitative estimate of drug-likeness (QED) is 0.549. The summed E-state index contributed by atoms with van der Waals surface area (Å²) in [4.78, 5) is 59.6. The molecule has 0 aromatic carbocycles. The Bertz CT molecular complexity index is 1160. The number of hydrogen-bond acceptors (Lipinski definition) is 8. The number of amides is 2. The van der Waals surface area contributed by atoms with Crippen LogP contribution in [-0.4, -0.2) is 51.6 Å². The second-order valence-corrected chi connectivity index (χ2v) is 10.8. The minimum atomic E-state index is -0.589. The maximum absolute atomic E-state index is 13.2. The summed E-state index contributed by atoms with van der Waals surface area (Å²) >= 11 is 2.87. The summed E-state index contributed by atoms with van der Waals surface area (Å²) in [7, 11) is 1.25. The number of carbonyl (C=O) groups excluding carboxylic acids is 3. The molecule has 6 rings (SSSR count). The Morgan fingerprint density at radius 2 is 2.03 bits per heavy atom. The SMILES string of the molecule is COC(=O)CN1C(=O)[C@@H]2[C@H]3C[C@@H]([C@@H]2C1=O)[C@H]1[C@@H](c2cccnc2)c2sc(=O)[nH]c2S[C@H]31. The standard InChI is InChI=1S/C21H19N3O5S2/c1-29-11(25)7-24-19(26)14-9-5-10(15(14)20(24)27)16-13(9)12(8-3-2-4-22-6-8)17-18(30-16)23-21(28)31-17/h2-4,6,9-10,12-16H,5,7H2,1H3,(H,23,28)/t9-,10-,12-,13+,14+,15-,16-/m1/s1. The Morgan fingerprint density at radius 3 is 2.74 bits per heavy atom. The van der Waals surface area contributed by atoms with Gasteiger partial charge < -0.3 is 9.72 Å². The van der Waals surface area contributed by atoms with Gasteiger partial charge in [-0.2, -0.15) is 0 Å². The van der Waals surface area contributed by atoms with Crippen LogP contribution in [0.3, 0.4) is 0 Å². The molecule has 3 fully saturated rings. The van der Waals surface area contributed by atoms with E-state index in [-0.39, 0.29) is 52.2 Å². The lowest BCUT2D eigenvalue weighted by Crippen LogP contribution is -2.42. The van der Waals surface area contributed by atoms with Gasteiger partial charge >= 0.3 is 10.8 Å². The second kappa shape index (κ2) is 6.77. The molecule has 0 unspecified atom stereocenters. The molecule has 10 heteroatoms. The third kappa shape index (κ3) is 2.57. The van der Waals surface area contributed by atoms with Crippen molar-refractivity contribution in [2.45, 2.75) is 22.6 Å². The van der Waals surface area contributed by atoms with Crippen LogP contribution >= 0.6 is 23.1 Å². The maximum atomic E-state index is 13.2. The van der Waals surface area contributed by atoms with E-state index in [1.807, 2.05) is 18.3 Å². The summed E-state index contributed by atoms with van der Waals surface area (Å²) in [6.07, 6.45) is 4.37. The van der Waals surface area contributed by atoms with E-state index in [1.165, 1.54) is 18.4 Å². The molecule has 2 aliphatic carbocycles. The van der Waals surface area contributed by atoms with Crippen molar-refractivity contribution in [3.63, 3.8) is 0 Å². The number of aromatic nitrogens is 2. The number of thiazole rings is 1. The molecule has 4 aliphatic rings. The molecule has 0 radical (unpaired) electrons. The Kier molecular flexibility index (Phi) is 4.20. The number of hydrogen-bond donors (Lipinski definition) is 1. The molecule has 2 bridgehead atoms. The number of likely N-dealkylation sites (tertiary alicyclic amines) is 1. The number of aromatic amines is 1. The van der Waals surface area contributed by atoms with E-state index in [4.69, 9.17) is 0 Å². The van der Waals surface area contributed by atoms with Crippen LogP contribution in [0.5, 0.6) is 0 Å². The highest BCUT2D eigenvalue weighted by Gasteiger charge is 2.69. The largest absolute Gasteiger partial charge is 0.468 e. The van der Waals surface area contributed by atoms with Crippen LogP contribution in [0.4, 0.5) is 0 Å². The molecule has 160 valence electrons. The molecule has 2 aliphatic heterocycles. The first-order chi connectivity index (χ1) is 15.0. The van der Waals surface area contributed by atoms with Crippen molar-refractivity contribution in [3.8, 4) is 0 Å². The van der Waals surface area contributed by atoms with E-state index in [0.717, 1.165) is 26.8 Å². The van der Waals surface area contributed by atoms with Crippen LogP contribution in [0.15, 0.2) is 34.3 Å². The van der Waals surface area contributed by atoms with E-state index in [1.54, 1.807) is 18.0 Å². The smallest absolute Gasteiger partial charge is 0.325 e. The lowest BCUT2D eigenvalue weighted by Gasteiger charge is -2.42. The molecular weight excluding hydrogens is 438 g/mol. The number of carbonyl (C=O) groups is 3. The monoisotopic (exact) mass is 457 g/mol. The van der Waals surface area contributed by atoms with Crippen LogP contribution in [0.2, 0.25) is 0 Å². The number of rotatable bonds is 3. The lowest BCUT2D eigenvalue weighted by molar-refractivity contribution is -0.151. The number of nitrogens with zero attached hydrogens (tertiary/aromatic N) is 2. The highest BCUT2D eigenvalue weighted by molar-refractivity contribution is 8.00. The van der Waals surface area contributed by atoms with Gasteiger partial charge in [0.05, 0.1) is 24.0 Å². The highest BCUT2D eigenvalue weighted by atomic mass is 32.2. The average molecular weight is 458 g/mol. The van der Waals surface area contributed by atoms with Crippen LogP contribution in [-0.2, 0) is 19.1 Å². The van der Waals surface area contributed by atoms with Gasteiger partial charge in [0.25, 0.3) is 0 Å². The molecule has 0 spiro atoms. The highest BCUT2D eigenvalue weighted by Crippen LogP contribution is 2.68. The zero-order valence-corrected chi connectivity index (χ0v) is 18.2. The van der Waals surface area contributed by atoms with Crippen molar-refractivity contribution in [1.29, 1.82) is 0 Å². The molecule has 31 heavy (non-hydrogen) atoms. The van der Waals surface area contributed by atoms with Gasteiger partial charge in [-0.15, -0.1) is 11.8 Å². The maximum Gasteiger partial charge on any atom is 0.325 e. The van der Waals surface area contributed by atoms with Gasteiger partial charge in [0, 0.05) is 28.4 Å². The first-order valence-corrected chi connectivity index (χ1v) is 11.9. The van der Waals surface area contributed by atoms with E-state index in [9.17, 15) is 19.2 Å². The molecule has 2 aromatic heterocycles. The minimum absolute atomic E-state index is 0.0298. The van der Waals surface area contributed by atoms with Gasteiger partial charge in [-0.05, 0) is 35.8 Å². The number of esters is 1. The summed E-state index contributed by atoms with van der Waals surface area (Å²) in [6.45, 7) is -0.324. The summed E-state index contributed by atoms with van der Waals surface area (Å²) in [5.74, 6) is -1.72. The summed E-state index contributed by atoms with van der Waals surface area (Å²) in [5.41, 5.74) is 1.03. The normalized spacial score (nSPS) is 35.1. The molecular formula is C21H19N3O5S2. The van der Waals surface area contributed by atoms with Crippen molar-refractivity contribution >= 4 is 40.9 Å². The first-order valence-electron chi connectivity index (χ1n) is 10.2. The van der Waals surface area contributed by atoms with E-state index >= 15 is 0 Å². The summed E-state index contributed by atoms with van der Waals surface area (Å²) in [6, 6.07) is 3.91. The number of ether oxygens (including phenoxy) is 1. The number of pyridine rings is 1. The van der Waals surface area contributed by atoms with Crippen LogP contribution in [0, 0.1) is 29.6 Å². The Labute approximate surface area is 185 Å². The average Bonchev–Trinajstić information content (AvgIpc) is 3.49. The van der Waals surface area contributed by atoms with Crippen molar-refractivity contribution < 1.29 is 19.1 Å². The van der Waals surface area contributed by atoms with Crippen LogP contribution < -0.4 is 4.87 Å². The number of nitrogens with one attached hydrogen (secondary N) is 1. The fourth-order valence-corrected chi connectivity index (χ4v) is 9.25.